The average Bonchev–Trinajstić information content (AvgIpc) is 2.77. The molecule has 0 spiro atoms. The third-order valence-corrected chi connectivity index (χ3v) is 3.09. The predicted octanol–water partition coefficient (Wildman–Crippen LogP) is 2.13. The number of carbonyl (C=O) groups is 1. The second kappa shape index (κ2) is 5.91. The molecule has 0 bridgehead atoms. The first-order chi connectivity index (χ1) is 8.65. The Kier molecular flexibility index (Phi) is 4.25. The minimum absolute atomic E-state index is 0.126. The summed E-state index contributed by atoms with van der Waals surface area (Å²) >= 11 is 0. The van der Waals surface area contributed by atoms with Crippen molar-refractivity contribution in [3.63, 3.8) is 0 Å². The fraction of sp³-hybridized carbons (Fsp3) is 0.615. The van der Waals surface area contributed by atoms with E-state index in [9.17, 15) is 4.79 Å². The van der Waals surface area contributed by atoms with E-state index in [1.807, 2.05) is 26.0 Å². The summed E-state index contributed by atoms with van der Waals surface area (Å²) in [7, 11) is 0. The largest absolute Gasteiger partial charge is 0.464 e. The number of hydrogen-bond donors (Lipinski definition) is 2. The van der Waals surface area contributed by atoms with Gasteiger partial charge in [0.2, 0.25) is 0 Å². The number of furan rings is 1. The Morgan fingerprint density at radius 2 is 2.11 bits per heavy atom. The van der Waals surface area contributed by atoms with E-state index in [2.05, 4.69) is 10.6 Å². The molecule has 1 aliphatic heterocycles. The third-order valence-electron chi connectivity index (χ3n) is 3.09. The topological polar surface area (TPSA) is 63.5 Å². The van der Waals surface area contributed by atoms with Crippen LogP contribution in [0.2, 0.25) is 0 Å². The van der Waals surface area contributed by atoms with Gasteiger partial charge in [-0.25, -0.2) is 4.79 Å². The minimum atomic E-state index is -0.150. The lowest BCUT2D eigenvalue weighted by Gasteiger charge is -2.24. The van der Waals surface area contributed by atoms with Crippen LogP contribution in [-0.2, 0) is 4.74 Å². The molecule has 0 aromatic carbocycles. The number of ether oxygens (including phenoxy) is 1. The van der Waals surface area contributed by atoms with Crippen molar-refractivity contribution < 1.29 is 13.9 Å². The Morgan fingerprint density at radius 3 is 2.72 bits per heavy atom. The Bertz CT molecular complexity index is 397. The Balaban J connectivity index is 1.79. The lowest BCUT2D eigenvalue weighted by atomic mass is 10.1. The van der Waals surface area contributed by atoms with Gasteiger partial charge >= 0.3 is 6.03 Å². The summed E-state index contributed by atoms with van der Waals surface area (Å²) in [5.41, 5.74) is 0. The molecule has 0 unspecified atom stereocenters. The van der Waals surface area contributed by atoms with E-state index in [0.29, 0.717) is 0 Å². The smallest absolute Gasteiger partial charge is 0.315 e. The molecule has 2 rings (SSSR count). The van der Waals surface area contributed by atoms with Gasteiger partial charge in [0.15, 0.2) is 0 Å². The predicted molar refractivity (Wildman–Crippen MR) is 67.4 cm³/mol. The van der Waals surface area contributed by atoms with Crippen molar-refractivity contribution in [1.29, 1.82) is 0 Å². The quantitative estimate of drug-likeness (QED) is 0.866. The number of rotatable bonds is 3. The van der Waals surface area contributed by atoms with Crippen LogP contribution in [-0.4, -0.2) is 25.3 Å². The maximum atomic E-state index is 11.8. The molecule has 0 saturated carbocycles. The van der Waals surface area contributed by atoms with Gasteiger partial charge in [-0.1, -0.05) is 0 Å². The summed E-state index contributed by atoms with van der Waals surface area (Å²) in [6.45, 7) is 5.23. The molecule has 0 aliphatic carbocycles. The fourth-order valence-electron chi connectivity index (χ4n) is 2.02. The van der Waals surface area contributed by atoms with Crippen molar-refractivity contribution in [2.45, 2.75) is 38.8 Å². The van der Waals surface area contributed by atoms with Gasteiger partial charge in [0.05, 0.1) is 6.04 Å². The standard InChI is InChI=1S/C13H20N2O3/c1-9-3-4-12(18-9)10(2)14-13(16)15-11-5-7-17-8-6-11/h3-4,10-11H,5-8H2,1-2H3,(H2,14,15,16)/t10-/m0/s1. The minimum Gasteiger partial charge on any atom is -0.464 e. The van der Waals surface area contributed by atoms with Gasteiger partial charge in [0.25, 0.3) is 0 Å². The number of aryl methyl sites for hydroxylation is 1. The zero-order valence-electron chi connectivity index (χ0n) is 10.9. The summed E-state index contributed by atoms with van der Waals surface area (Å²) in [4.78, 5) is 11.8. The van der Waals surface area contributed by atoms with Gasteiger partial charge in [0, 0.05) is 19.3 Å². The zero-order valence-corrected chi connectivity index (χ0v) is 10.9. The molecular weight excluding hydrogens is 232 g/mol. The molecule has 2 heterocycles. The van der Waals surface area contributed by atoms with Crippen LogP contribution in [0.4, 0.5) is 4.79 Å². The Hall–Kier alpha value is -1.49. The van der Waals surface area contributed by atoms with Crippen LogP contribution < -0.4 is 10.6 Å². The molecule has 1 aromatic rings. The summed E-state index contributed by atoms with van der Waals surface area (Å²) in [6.07, 6.45) is 1.75. The SMILES string of the molecule is Cc1ccc([C@H](C)NC(=O)NC2CCOCC2)o1. The van der Waals surface area contributed by atoms with Crippen LogP contribution in [0.5, 0.6) is 0 Å². The van der Waals surface area contributed by atoms with E-state index >= 15 is 0 Å². The van der Waals surface area contributed by atoms with E-state index in [4.69, 9.17) is 9.15 Å². The fourth-order valence-corrected chi connectivity index (χ4v) is 2.02. The van der Waals surface area contributed by atoms with Crippen molar-refractivity contribution in [2.75, 3.05) is 13.2 Å². The van der Waals surface area contributed by atoms with Crippen LogP contribution in [0.3, 0.4) is 0 Å². The molecule has 0 radical (unpaired) electrons. The molecule has 100 valence electrons. The first-order valence-corrected chi connectivity index (χ1v) is 6.36. The number of hydrogen-bond acceptors (Lipinski definition) is 3. The highest BCUT2D eigenvalue weighted by atomic mass is 16.5. The van der Waals surface area contributed by atoms with E-state index < -0.39 is 0 Å². The second-order valence-electron chi connectivity index (χ2n) is 4.67. The molecule has 18 heavy (non-hydrogen) atoms. The highest BCUT2D eigenvalue weighted by molar-refractivity contribution is 5.74. The molecule has 2 amide bonds. The maximum absolute atomic E-state index is 11.8. The molecule has 1 atom stereocenters. The van der Waals surface area contributed by atoms with Crippen molar-refractivity contribution >= 4 is 6.03 Å². The molecule has 5 heteroatoms. The highest BCUT2D eigenvalue weighted by Gasteiger charge is 2.18. The van der Waals surface area contributed by atoms with Gasteiger partial charge in [-0.15, -0.1) is 0 Å². The van der Waals surface area contributed by atoms with Gasteiger partial charge in [-0.05, 0) is 38.8 Å². The monoisotopic (exact) mass is 252 g/mol. The van der Waals surface area contributed by atoms with E-state index in [-0.39, 0.29) is 18.1 Å². The molecule has 1 fully saturated rings. The van der Waals surface area contributed by atoms with Crippen molar-refractivity contribution in [1.82, 2.24) is 10.6 Å². The number of amides is 2. The average molecular weight is 252 g/mol. The molecular formula is C13H20N2O3. The van der Waals surface area contributed by atoms with Crippen LogP contribution in [0.1, 0.15) is 37.3 Å². The second-order valence-corrected chi connectivity index (χ2v) is 4.67. The van der Waals surface area contributed by atoms with Gasteiger partial charge < -0.3 is 19.8 Å². The Labute approximate surface area is 107 Å². The third kappa shape index (κ3) is 3.50. The van der Waals surface area contributed by atoms with E-state index in [1.165, 1.54) is 0 Å². The van der Waals surface area contributed by atoms with Gasteiger partial charge in [-0.3, -0.25) is 0 Å². The number of carbonyl (C=O) groups excluding carboxylic acids is 1. The highest BCUT2D eigenvalue weighted by Crippen LogP contribution is 2.15. The summed E-state index contributed by atoms with van der Waals surface area (Å²) in [6, 6.07) is 3.71. The number of urea groups is 1. The van der Waals surface area contributed by atoms with Crippen molar-refractivity contribution in [2.24, 2.45) is 0 Å². The van der Waals surface area contributed by atoms with E-state index in [1.54, 1.807) is 0 Å². The lowest BCUT2D eigenvalue weighted by molar-refractivity contribution is 0.0799. The first-order valence-electron chi connectivity index (χ1n) is 6.36. The zero-order chi connectivity index (χ0) is 13.0. The molecule has 1 aliphatic rings. The van der Waals surface area contributed by atoms with Crippen LogP contribution in [0.15, 0.2) is 16.5 Å². The van der Waals surface area contributed by atoms with Crippen LogP contribution >= 0.6 is 0 Å². The van der Waals surface area contributed by atoms with Crippen LogP contribution in [0, 0.1) is 6.92 Å². The van der Waals surface area contributed by atoms with Crippen LogP contribution in [0.25, 0.3) is 0 Å². The summed E-state index contributed by atoms with van der Waals surface area (Å²) < 4.78 is 10.7. The van der Waals surface area contributed by atoms with Crippen molar-refractivity contribution in [3.05, 3.63) is 23.7 Å². The molecule has 5 nitrogen and oxygen atoms in total. The number of nitrogens with one attached hydrogen (secondary N) is 2. The Morgan fingerprint density at radius 1 is 1.39 bits per heavy atom. The summed E-state index contributed by atoms with van der Waals surface area (Å²) in [5.74, 6) is 1.62. The molecule has 1 saturated heterocycles. The summed E-state index contributed by atoms with van der Waals surface area (Å²) in [5, 5.41) is 5.83. The van der Waals surface area contributed by atoms with Gasteiger partial charge in [0.1, 0.15) is 11.5 Å². The molecule has 1 aromatic heterocycles. The lowest BCUT2D eigenvalue weighted by Crippen LogP contribution is -2.45. The van der Waals surface area contributed by atoms with Gasteiger partial charge in [-0.2, -0.15) is 0 Å². The normalized spacial score (nSPS) is 18.3. The first kappa shape index (κ1) is 13.0. The van der Waals surface area contributed by atoms with Crippen molar-refractivity contribution in [3.8, 4) is 0 Å². The van der Waals surface area contributed by atoms with E-state index in [0.717, 1.165) is 37.6 Å². The maximum Gasteiger partial charge on any atom is 0.315 e. The molecule has 2 N–H and O–H groups in total.